The van der Waals surface area contributed by atoms with Gasteiger partial charge in [0.2, 0.25) is 0 Å². The molecule has 3 rings (SSSR count). The Morgan fingerprint density at radius 1 is 0.906 bits per heavy atom. The molecule has 0 spiro atoms. The molecular weight excluding hydrogens is 394 g/mol. The lowest BCUT2D eigenvalue weighted by molar-refractivity contribution is 1.21. The fourth-order valence-electron chi connectivity index (χ4n) is 2.20. The fourth-order valence-corrected chi connectivity index (χ4v) is 2.20. The Bertz CT molecular complexity index is 829. The van der Waals surface area contributed by atoms with Gasteiger partial charge < -0.3 is 21.8 Å². The monoisotopic (exact) mass is 435 g/mol. The lowest BCUT2D eigenvalue weighted by Gasteiger charge is -2.04. The number of anilines is 3. The average molecular weight is 436 g/mol. The van der Waals surface area contributed by atoms with Gasteiger partial charge in [0.15, 0.2) is 0 Å². The Kier molecular flexibility index (Phi) is 19.8. The van der Waals surface area contributed by atoms with Crippen LogP contribution in [-0.2, 0) is 0 Å². The molecule has 0 saturated heterocycles. The first-order valence-electron chi connectivity index (χ1n) is 11.0. The van der Waals surface area contributed by atoms with Crippen LogP contribution in [0.25, 0.3) is 0 Å². The van der Waals surface area contributed by atoms with Crippen molar-refractivity contribution in [2.24, 2.45) is 4.99 Å². The summed E-state index contributed by atoms with van der Waals surface area (Å²) in [5, 5.41) is 13.3. The zero-order chi connectivity index (χ0) is 24.8. The van der Waals surface area contributed by atoms with E-state index in [1.807, 2.05) is 102 Å². The smallest absolute Gasteiger partial charge is 0.0853 e. The maximum absolute atomic E-state index is 7.16. The summed E-state index contributed by atoms with van der Waals surface area (Å²) in [5.41, 5.74) is 10.6. The van der Waals surface area contributed by atoms with Crippen LogP contribution < -0.4 is 16.4 Å². The molecule has 0 amide bonds. The number of nitrogens with two attached hydrogens (primary N) is 1. The van der Waals surface area contributed by atoms with E-state index in [0.29, 0.717) is 5.71 Å². The first-order valence-corrected chi connectivity index (χ1v) is 11.0. The molecule has 5 nitrogen and oxygen atoms in total. The predicted octanol–water partition coefficient (Wildman–Crippen LogP) is 7.50. The highest BCUT2D eigenvalue weighted by atomic mass is 14.9. The van der Waals surface area contributed by atoms with Crippen LogP contribution in [0.5, 0.6) is 0 Å². The lowest BCUT2D eigenvalue weighted by Crippen LogP contribution is -1.95. The summed E-state index contributed by atoms with van der Waals surface area (Å²) in [5.74, 6) is 0. The number of rotatable bonds is 4. The summed E-state index contributed by atoms with van der Waals surface area (Å²) in [4.78, 5) is 3.88. The number of hydrogen-bond donors (Lipinski definition) is 4. The zero-order valence-electron chi connectivity index (χ0n) is 20.6. The van der Waals surface area contributed by atoms with Crippen LogP contribution in [0.4, 0.5) is 22.7 Å². The van der Waals surface area contributed by atoms with Gasteiger partial charge in [0.1, 0.15) is 0 Å². The number of para-hydroxylation sites is 4. The van der Waals surface area contributed by atoms with Crippen LogP contribution in [0, 0.1) is 5.41 Å². The lowest BCUT2D eigenvalue weighted by atomic mass is 10.1. The Labute approximate surface area is 195 Å². The molecule has 1 aliphatic carbocycles. The van der Waals surface area contributed by atoms with Gasteiger partial charge in [0.05, 0.1) is 28.5 Å². The van der Waals surface area contributed by atoms with Crippen molar-refractivity contribution >= 4 is 35.2 Å². The second-order valence-corrected chi connectivity index (χ2v) is 5.70. The highest BCUT2D eigenvalue weighted by molar-refractivity contribution is 6.08. The van der Waals surface area contributed by atoms with Crippen LogP contribution in [0.1, 0.15) is 34.6 Å². The molecule has 0 atom stereocenters. The van der Waals surface area contributed by atoms with Crippen LogP contribution in [0.15, 0.2) is 90.0 Å². The Morgan fingerprint density at radius 3 is 1.84 bits per heavy atom. The molecular formula is C27H41N5. The number of nitrogen functional groups attached to an aromatic ring is 1. The Balaban J connectivity index is 0. The van der Waals surface area contributed by atoms with Gasteiger partial charge in [0, 0.05) is 13.6 Å². The van der Waals surface area contributed by atoms with Gasteiger partial charge in [-0.25, -0.2) is 0 Å². The normalized spacial score (nSPS) is 10.4. The highest BCUT2D eigenvalue weighted by Gasteiger charge is 1.95. The first-order chi connectivity index (χ1) is 15.5. The topological polar surface area (TPSA) is 86.3 Å². The van der Waals surface area contributed by atoms with Crippen molar-refractivity contribution in [2.75, 3.05) is 30.0 Å². The fraction of sp³-hybridized carbons (Fsp3) is 0.259. The van der Waals surface area contributed by atoms with Crippen molar-refractivity contribution in [3.05, 3.63) is 85.0 Å². The van der Waals surface area contributed by atoms with Crippen molar-refractivity contribution in [3.8, 4) is 0 Å². The molecule has 0 bridgehead atoms. The van der Waals surface area contributed by atoms with Crippen molar-refractivity contribution in [1.29, 1.82) is 5.41 Å². The first kappa shape index (κ1) is 30.6. The summed E-state index contributed by atoms with van der Waals surface area (Å²) >= 11 is 0. The van der Waals surface area contributed by atoms with Gasteiger partial charge in [-0.15, -0.1) is 0 Å². The van der Waals surface area contributed by atoms with Crippen molar-refractivity contribution in [2.45, 2.75) is 34.6 Å². The van der Waals surface area contributed by atoms with Crippen LogP contribution in [-0.4, -0.2) is 26.0 Å². The van der Waals surface area contributed by atoms with E-state index in [2.05, 4.69) is 35.8 Å². The molecule has 2 aromatic rings. The second kappa shape index (κ2) is 20.7. The van der Waals surface area contributed by atoms with E-state index < -0.39 is 0 Å². The summed E-state index contributed by atoms with van der Waals surface area (Å²) < 4.78 is 0. The SMILES string of the molecule is C=C1C=CC=CC1=N.C=Nc1ccccc1NCC.CC.CC.CNc1ccccc1N. The molecule has 0 aromatic heterocycles. The van der Waals surface area contributed by atoms with Gasteiger partial charge >= 0.3 is 0 Å². The number of aliphatic imine (C=N–C) groups is 1. The molecule has 174 valence electrons. The van der Waals surface area contributed by atoms with Crippen LogP contribution in [0.2, 0.25) is 0 Å². The summed E-state index contributed by atoms with van der Waals surface area (Å²) in [6.45, 7) is 18.1. The molecule has 0 saturated carbocycles. The standard InChI is InChI=1S/C9H12N2.C7H10N2.C7H7N.2C2H6/c1-3-11-9-7-5-4-6-8(9)10-2;1-9-7-5-3-2-4-6(7)8;1-6-4-2-3-5-7(6)8;2*1-2/h4-7,11H,2-3H2,1H3;2-5,9H,8H2,1H3;2-5,8H,1H2;2*1-2H3. The number of benzene rings is 2. The molecule has 0 heterocycles. The molecule has 0 unspecified atom stereocenters. The summed E-state index contributed by atoms with van der Waals surface area (Å²) in [7, 11) is 1.85. The van der Waals surface area contributed by atoms with Gasteiger partial charge in [-0.2, -0.15) is 0 Å². The average Bonchev–Trinajstić information content (AvgIpc) is 2.85. The summed E-state index contributed by atoms with van der Waals surface area (Å²) in [6, 6.07) is 15.5. The number of hydrogen-bond acceptors (Lipinski definition) is 5. The van der Waals surface area contributed by atoms with Gasteiger partial charge in [-0.1, -0.05) is 76.8 Å². The molecule has 32 heavy (non-hydrogen) atoms. The largest absolute Gasteiger partial charge is 0.397 e. The third-order valence-electron chi connectivity index (χ3n) is 3.69. The molecule has 1 aliphatic rings. The molecule has 0 aliphatic heterocycles. The van der Waals surface area contributed by atoms with E-state index in [9.17, 15) is 0 Å². The van der Waals surface area contributed by atoms with E-state index in [4.69, 9.17) is 11.1 Å². The van der Waals surface area contributed by atoms with Crippen molar-refractivity contribution < 1.29 is 0 Å². The summed E-state index contributed by atoms with van der Waals surface area (Å²) in [6.07, 6.45) is 7.25. The minimum absolute atomic E-state index is 0.507. The van der Waals surface area contributed by atoms with Gasteiger partial charge in [-0.05, 0) is 49.6 Å². The highest BCUT2D eigenvalue weighted by Crippen LogP contribution is 2.22. The quantitative estimate of drug-likeness (QED) is 0.296. The van der Waals surface area contributed by atoms with Crippen molar-refractivity contribution in [3.63, 3.8) is 0 Å². The molecule has 5 heteroatoms. The second-order valence-electron chi connectivity index (χ2n) is 5.70. The third kappa shape index (κ3) is 12.9. The zero-order valence-corrected chi connectivity index (χ0v) is 20.6. The van der Waals surface area contributed by atoms with E-state index in [0.717, 1.165) is 34.9 Å². The maximum atomic E-state index is 7.16. The van der Waals surface area contributed by atoms with E-state index >= 15 is 0 Å². The van der Waals surface area contributed by atoms with E-state index in [1.165, 1.54) is 0 Å². The maximum Gasteiger partial charge on any atom is 0.0853 e. The number of nitrogens with zero attached hydrogens (tertiary/aromatic N) is 1. The minimum Gasteiger partial charge on any atom is -0.397 e. The molecule has 2 aromatic carbocycles. The van der Waals surface area contributed by atoms with Gasteiger partial charge in [0.25, 0.3) is 0 Å². The predicted molar refractivity (Wildman–Crippen MR) is 148 cm³/mol. The minimum atomic E-state index is 0.507. The third-order valence-corrected chi connectivity index (χ3v) is 3.69. The molecule has 0 radical (unpaired) electrons. The Hall–Kier alpha value is -3.60. The molecule has 5 N–H and O–H groups in total. The van der Waals surface area contributed by atoms with Crippen LogP contribution in [0.3, 0.4) is 0 Å². The van der Waals surface area contributed by atoms with Crippen molar-refractivity contribution in [1.82, 2.24) is 0 Å². The molecule has 0 fully saturated rings. The Morgan fingerprint density at radius 2 is 1.44 bits per heavy atom. The van der Waals surface area contributed by atoms with Crippen LogP contribution >= 0.6 is 0 Å². The van der Waals surface area contributed by atoms with E-state index in [1.54, 1.807) is 6.08 Å². The number of nitrogens with one attached hydrogen (secondary N) is 3. The van der Waals surface area contributed by atoms with Gasteiger partial charge in [-0.3, -0.25) is 4.99 Å². The van der Waals surface area contributed by atoms with E-state index in [-0.39, 0.29) is 0 Å². The number of allylic oxidation sites excluding steroid dienone is 5.